The molecule has 0 unspecified atom stereocenters. The van der Waals surface area contributed by atoms with Crippen LogP contribution in [0.4, 0.5) is 0 Å². The average Bonchev–Trinajstić information content (AvgIpc) is 2.50. The zero-order chi connectivity index (χ0) is 15.9. The summed E-state index contributed by atoms with van der Waals surface area (Å²) in [6.07, 6.45) is 1.73. The molecule has 0 aromatic heterocycles. The van der Waals surface area contributed by atoms with Gasteiger partial charge in [-0.05, 0) is 30.2 Å². The van der Waals surface area contributed by atoms with Gasteiger partial charge in [-0.2, -0.15) is 5.10 Å². The lowest BCUT2D eigenvalue weighted by Gasteiger charge is -2.01. The molecule has 2 rings (SSSR count). The average molecular weight is 296 g/mol. The van der Waals surface area contributed by atoms with Crippen molar-refractivity contribution in [3.8, 4) is 0 Å². The first-order valence-corrected chi connectivity index (χ1v) is 6.75. The highest BCUT2D eigenvalue weighted by atomic mass is 16.4. The summed E-state index contributed by atoms with van der Waals surface area (Å²) >= 11 is 0. The lowest BCUT2D eigenvalue weighted by Crippen LogP contribution is -2.19. The lowest BCUT2D eigenvalue weighted by molar-refractivity contribution is -0.120. The van der Waals surface area contributed by atoms with Crippen molar-refractivity contribution in [2.45, 2.75) is 13.3 Å². The molecule has 22 heavy (non-hydrogen) atoms. The number of nitrogens with zero attached hydrogens (tertiary/aromatic N) is 1. The lowest BCUT2D eigenvalue weighted by atomic mass is 10.1. The Kier molecular flexibility index (Phi) is 5.03. The van der Waals surface area contributed by atoms with E-state index in [1.165, 1.54) is 18.3 Å². The van der Waals surface area contributed by atoms with Crippen molar-refractivity contribution in [1.82, 2.24) is 5.43 Å². The van der Waals surface area contributed by atoms with Crippen LogP contribution in [0.3, 0.4) is 0 Å². The Balaban J connectivity index is 1.87. The third-order valence-corrected chi connectivity index (χ3v) is 3.05. The molecular formula is C17H16N2O3. The van der Waals surface area contributed by atoms with Crippen molar-refractivity contribution in [3.05, 3.63) is 70.8 Å². The van der Waals surface area contributed by atoms with Crippen LogP contribution in [0.25, 0.3) is 0 Å². The quantitative estimate of drug-likeness (QED) is 0.657. The molecule has 2 N–H and O–H groups in total. The largest absolute Gasteiger partial charge is 0.478 e. The molecule has 0 aliphatic carbocycles. The second-order valence-corrected chi connectivity index (χ2v) is 4.88. The number of nitrogens with one attached hydrogen (secondary N) is 1. The second-order valence-electron chi connectivity index (χ2n) is 4.88. The van der Waals surface area contributed by atoms with Gasteiger partial charge in [-0.1, -0.05) is 42.0 Å². The van der Waals surface area contributed by atoms with Crippen molar-refractivity contribution < 1.29 is 14.7 Å². The van der Waals surface area contributed by atoms with E-state index in [0.717, 1.165) is 11.1 Å². The van der Waals surface area contributed by atoms with Gasteiger partial charge in [-0.25, -0.2) is 10.2 Å². The van der Waals surface area contributed by atoms with Crippen molar-refractivity contribution in [2.24, 2.45) is 5.10 Å². The molecule has 0 heterocycles. The smallest absolute Gasteiger partial charge is 0.335 e. The highest BCUT2D eigenvalue weighted by molar-refractivity contribution is 5.89. The summed E-state index contributed by atoms with van der Waals surface area (Å²) in [4.78, 5) is 22.4. The Morgan fingerprint density at radius 1 is 1.09 bits per heavy atom. The van der Waals surface area contributed by atoms with Crippen LogP contribution in [0, 0.1) is 6.92 Å². The summed E-state index contributed by atoms with van der Waals surface area (Å²) in [5.41, 5.74) is 5.43. The molecule has 1 amide bonds. The van der Waals surface area contributed by atoms with Crippen LogP contribution in [-0.2, 0) is 11.2 Å². The van der Waals surface area contributed by atoms with Crippen LogP contribution in [0.2, 0.25) is 0 Å². The van der Waals surface area contributed by atoms with Crippen LogP contribution < -0.4 is 5.43 Å². The predicted octanol–water partition coefficient (Wildman–Crippen LogP) is 2.39. The van der Waals surface area contributed by atoms with Gasteiger partial charge in [-0.15, -0.1) is 0 Å². The summed E-state index contributed by atoms with van der Waals surface area (Å²) in [6.45, 7) is 1.99. The Bertz CT molecular complexity index is 689. The summed E-state index contributed by atoms with van der Waals surface area (Å²) in [5, 5.41) is 12.6. The molecule has 0 spiro atoms. The Hall–Kier alpha value is -2.95. The summed E-state index contributed by atoms with van der Waals surface area (Å²) in [5.74, 6) is -1.18. The first-order chi connectivity index (χ1) is 10.5. The maximum absolute atomic E-state index is 11.7. The van der Waals surface area contributed by atoms with Gasteiger partial charge in [0, 0.05) is 0 Å². The SMILES string of the molecule is Cc1ccc(CC(=O)NN=Cc2ccc(C(=O)O)cc2)cc1. The Morgan fingerprint density at radius 3 is 2.32 bits per heavy atom. The predicted molar refractivity (Wildman–Crippen MR) is 84.0 cm³/mol. The van der Waals surface area contributed by atoms with Gasteiger partial charge in [0.15, 0.2) is 0 Å². The van der Waals surface area contributed by atoms with E-state index >= 15 is 0 Å². The minimum absolute atomic E-state index is 0.206. The van der Waals surface area contributed by atoms with Crippen molar-refractivity contribution >= 4 is 18.1 Å². The minimum Gasteiger partial charge on any atom is -0.478 e. The summed E-state index contributed by atoms with van der Waals surface area (Å²) in [6, 6.07) is 13.9. The van der Waals surface area contributed by atoms with Gasteiger partial charge in [0.2, 0.25) is 5.91 Å². The van der Waals surface area contributed by atoms with Crippen LogP contribution in [0.1, 0.15) is 27.0 Å². The van der Waals surface area contributed by atoms with Crippen molar-refractivity contribution in [2.75, 3.05) is 0 Å². The number of carboxylic acid groups (broad SMARTS) is 1. The Labute approximate surface area is 128 Å². The van der Waals surface area contributed by atoms with E-state index in [1.54, 1.807) is 12.1 Å². The second kappa shape index (κ2) is 7.17. The number of hydrogen-bond donors (Lipinski definition) is 2. The number of carboxylic acids is 1. The zero-order valence-corrected chi connectivity index (χ0v) is 12.1. The molecule has 2 aromatic rings. The van der Waals surface area contributed by atoms with Gasteiger partial charge in [-0.3, -0.25) is 4.79 Å². The normalized spacial score (nSPS) is 10.6. The number of aryl methyl sites for hydroxylation is 1. The van der Waals surface area contributed by atoms with Crippen LogP contribution in [0.5, 0.6) is 0 Å². The molecule has 0 radical (unpaired) electrons. The molecule has 0 atom stereocenters. The molecule has 112 valence electrons. The van der Waals surface area contributed by atoms with Crippen LogP contribution in [-0.4, -0.2) is 23.2 Å². The number of hydrazone groups is 1. The fourth-order valence-electron chi connectivity index (χ4n) is 1.82. The van der Waals surface area contributed by atoms with E-state index in [9.17, 15) is 9.59 Å². The third-order valence-electron chi connectivity index (χ3n) is 3.05. The molecule has 0 aliphatic heterocycles. The molecule has 0 saturated heterocycles. The maximum atomic E-state index is 11.7. The van der Waals surface area contributed by atoms with E-state index < -0.39 is 5.97 Å². The molecule has 0 fully saturated rings. The van der Waals surface area contributed by atoms with Gasteiger partial charge in [0.1, 0.15) is 0 Å². The number of hydrogen-bond acceptors (Lipinski definition) is 3. The zero-order valence-electron chi connectivity index (χ0n) is 12.1. The first kappa shape index (κ1) is 15.4. The van der Waals surface area contributed by atoms with Gasteiger partial charge in [0.25, 0.3) is 0 Å². The van der Waals surface area contributed by atoms with Crippen molar-refractivity contribution in [1.29, 1.82) is 0 Å². The van der Waals surface area contributed by atoms with E-state index in [0.29, 0.717) is 5.56 Å². The number of amides is 1. The Morgan fingerprint density at radius 2 is 1.73 bits per heavy atom. The van der Waals surface area contributed by atoms with Crippen molar-refractivity contribution in [3.63, 3.8) is 0 Å². The molecular weight excluding hydrogens is 280 g/mol. The maximum Gasteiger partial charge on any atom is 0.335 e. The molecule has 5 heteroatoms. The first-order valence-electron chi connectivity index (χ1n) is 6.75. The van der Waals surface area contributed by atoms with Gasteiger partial charge >= 0.3 is 5.97 Å². The van der Waals surface area contributed by atoms with Gasteiger partial charge in [0.05, 0.1) is 18.2 Å². The third kappa shape index (κ3) is 4.56. The molecule has 0 saturated carbocycles. The fourth-order valence-corrected chi connectivity index (χ4v) is 1.82. The standard InChI is InChI=1S/C17H16N2O3/c1-12-2-4-13(5-3-12)10-16(20)19-18-11-14-6-8-15(9-7-14)17(21)22/h2-9,11H,10H2,1H3,(H,19,20)(H,21,22). The number of carbonyl (C=O) groups excluding carboxylic acids is 1. The summed E-state index contributed by atoms with van der Waals surface area (Å²) < 4.78 is 0. The van der Waals surface area contributed by atoms with E-state index in [-0.39, 0.29) is 17.9 Å². The molecule has 0 aliphatic rings. The number of aromatic carboxylic acids is 1. The van der Waals surface area contributed by atoms with E-state index in [2.05, 4.69) is 10.5 Å². The van der Waals surface area contributed by atoms with Gasteiger partial charge < -0.3 is 5.11 Å². The topological polar surface area (TPSA) is 78.8 Å². The highest BCUT2D eigenvalue weighted by Gasteiger charge is 2.02. The number of carbonyl (C=O) groups is 2. The van der Waals surface area contributed by atoms with Crippen LogP contribution >= 0.6 is 0 Å². The monoisotopic (exact) mass is 296 g/mol. The number of rotatable bonds is 5. The molecule has 0 bridgehead atoms. The fraction of sp³-hybridized carbons (Fsp3) is 0.118. The minimum atomic E-state index is -0.977. The van der Waals surface area contributed by atoms with Crippen LogP contribution in [0.15, 0.2) is 53.6 Å². The van der Waals surface area contributed by atoms with E-state index in [1.807, 2.05) is 31.2 Å². The highest BCUT2D eigenvalue weighted by Crippen LogP contribution is 2.04. The number of benzene rings is 2. The van der Waals surface area contributed by atoms with E-state index in [4.69, 9.17) is 5.11 Å². The molecule has 5 nitrogen and oxygen atoms in total. The molecule has 2 aromatic carbocycles. The summed E-state index contributed by atoms with van der Waals surface area (Å²) in [7, 11) is 0.